The molecule has 9 nitrogen and oxygen atoms in total. The summed E-state index contributed by atoms with van der Waals surface area (Å²) in [4.78, 5) is 37.1. The molecule has 1 heterocycles. The summed E-state index contributed by atoms with van der Waals surface area (Å²) in [7, 11) is -1.09. The first-order valence-corrected chi connectivity index (χ1v) is 12.0. The van der Waals surface area contributed by atoms with E-state index >= 15 is 0 Å². The average Bonchev–Trinajstić information content (AvgIpc) is 2.74. The van der Waals surface area contributed by atoms with Crippen molar-refractivity contribution in [3.05, 3.63) is 47.5 Å². The van der Waals surface area contributed by atoms with Crippen molar-refractivity contribution < 1.29 is 27.5 Å². The van der Waals surface area contributed by atoms with Gasteiger partial charge in [-0.15, -0.1) is 11.8 Å². The second-order valence-electron chi connectivity index (χ2n) is 6.94. The summed E-state index contributed by atoms with van der Waals surface area (Å²) < 4.78 is 30.6. The van der Waals surface area contributed by atoms with Crippen molar-refractivity contribution in [1.29, 1.82) is 0 Å². The molecule has 1 atom stereocenters. The molecule has 32 heavy (non-hydrogen) atoms. The molecule has 0 aromatic heterocycles. The van der Waals surface area contributed by atoms with Crippen molar-refractivity contribution in [2.45, 2.75) is 21.5 Å². The highest BCUT2D eigenvalue weighted by Crippen LogP contribution is 2.36. The zero-order chi connectivity index (χ0) is 23.5. The van der Waals surface area contributed by atoms with Gasteiger partial charge in [0.25, 0.3) is 5.91 Å². The Morgan fingerprint density at radius 2 is 1.94 bits per heavy atom. The Morgan fingerprint density at radius 1 is 1.22 bits per heavy atom. The summed E-state index contributed by atoms with van der Waals surface area (Å²) in [6.45, 7) is -0.590. The molecule has 2 aromatic carbocycles. The maximum Gasteiger partial charge on any atom is 0.307 e. The fourth-order valence-electron chi connectivity index (χ4n) is 2.76. The van der Waals surface area contributed by atoms with Crippen LogP contribution in [0.15, 0.2) is 52.3 Å². The van der Waals surface area contributed by atoms with Crippen LogP contribution in [0.1, 0.15) is 6.42 Å². The zero-order valence-electron chi connectivity index (χ0n) is 17.1. The number of nitrogens with one attached hydrogen (secondary N) is 2. The smallest absolute Gasteiger partial charge is 0.307 e. The number of fused-ring (bicyclic) bond motifs is 1. The Labute approximate surface area is 194 Å². The molecular weight excluding hydrogens is 478 g/mol. The van der Waals surface area contributed by atoms with Crippen molar-refractivity contribution in [2.75, 3.05) is 31.3 Å². The monoisotopic (exact) mass is 497 g/mol. The van der Waals surface area contributed by atoms with Gasteiger partial charge in [0, 0.05) is 24.7 Å². The quantitative estimate of drug-likeness (QED) is 0.564. The number of anilines is 2. The highest BCUT2D eigenvalue weighted by Gasteiger charge is 2.29. The zero-order valence-corrected chi connectivity index (χ0v) is 19.5. The van der Waals surface area contributed by atoms with E-state index in [-0.39, 0.29) is 27.9 Å². The first-order valence-electron chi connectivity index (χ1n) is 9.32. The normalized spacial score (nSPS) is 15.6. The molecule has 1 aliphatic heterocycles. The molecule has 0 unspecified atom stereocenters. The second kappa shape index (κ2) is 9.90. The maximum atomic E-state index is 12.3. The third-order valence-electron chi connectivity index (χ3n) is 4.40. The molecule has 0 fully saturated rings. The summed E-state index contributed by atoms with van der Waals surface area (Å²) in [6, 6.07) is 11.2. The lowest BCUT2D eigenvalue weighted by molar-refractivity contribution is -0.147. The van der Waals surface area contributed by atoms with Gasteiger partial charge in [0.1, 0.15) is 4.90 Å². The standard InChI is InChI=1S/C20H20ClN3O6S2/c1-24(2)32(28,29)17-9-12(7-8-13(17)21)22-18(25)11-30-19(26)10-16-20(27)23-14-5-3-4-6-15(14)31-16/h3-9,16H,10-11H2,1-2H3,(H,22,25)(H,23,27)/t16-/m0/s1. The summed E-state index contributed by atoms with van der Waals surface area (Å²) >= 11 is 7.23. The van der Waals surface area contributed by atoms with Gasteiger partial charge in [-0.05, 0) is 30.3 Å². The third-order valence-corrected chi connectivity index (χ3v) is 7.97. The van der Waals surface area contributed by atoms with E-state index in [1.54, 1.807) is 12.1 Å². The molecule has 2 aromatic rings. The number of ether oxygens (including phenoxy) is 1. The van der Waals surface area contributed by atoms with Gasteiger partial charge in [-0.3, -0.25) is 14.4 Å². The van der Waals surface area contributed by atoms with Crippen molar-refractivity contribution in [1.82, 2.24) is 4.31 Å². The first kappa shape index (κ1) is 24.1. The number of sulfonamides is 1. The molecule has 0 bridgehead atoms. The highest BCUT2D eigenvalue weighted by molar-refractivity contribution is 8.01. The van der Waals surface area contributed by atoms with Crippen LogP contribution in [-0.2, 0) is 29.1 Å². The number of hydrogen-bond acceptors (Lipinski definition) is 7. The Balaban J connectivity index is 1.55. The number of thioether (sulfide) groups is 1. The van der Waals surface area contributed by atoms with Crippen molar-refractivity contribution in [3.63, 3.8) is 0 Å². The second-order valence-corrected chi connectivity index (χ2v) is 10.7. The molecule has 12 heteroatoms. The van der Waals surface area contributed by atoms with Gasteiger partial charge in [0.2, 0.25) is 15.9 Å². The topological polar surface area (TPSA) is 122 Å². The summed E-state index contributed by atoms with van der Waals surface area (Å²) in [5.41, 5.74) is 0.861. The predicted molar refractivity (Wildman–Crippen MR) is 121 cm³/mol. The molecule has 2 N–H and O–H groups in total. The summed E-state index contributed by atoms with van der Waals surface area (Å²) in [5, 5.41) is 4.53. The minimum atomic E-state index is -3.81. The number of carbonyl (C=O) groups is 3. The number of esters is 1. The van der Waals surface area contributed by atoms with Crippen molar-refractivity contribution in [2.24, 2.45) is 0 Å². The van der Waals surface area contributed by atoms with E-state index in [9.17, 15) is 22.8 Å². The molecule has 3 rings (SSSR count). The molecule has 0 saturated heterocycles. The van der Waals surface area contributed by atoms with Gasteiger partial charge in [-0.2, -0.15) is 0 Å². The van der Waals surface area contributed by atoms with Crippen LogP contribution in [0.3, 0.4) is 0 Å². The van der Waals surface area contributed by atoms with E-state index in [0.717, 1.165) is 9.20 Å². The highest BCUT2D eigenvalue weighted by atomic mass is 35.5. The van der Waals surface area contributed by atoms with Crippen molar-refractivity contribution in [3.8, 4) is 0 Å². The number of benzene rings is 2. The van der Waals surface area contributed by atoms with E-state index in [2.05, 4.69) is 10.6 Å². The minimum Gasteiger partial charge on any atom is -0.456 e. The summed E-state index contributed by atoms with van der Waals surface area (Å²) in [5.74, 6) is -1.69. The summed E-state index contributed by atoms with van der Waals surface area (Å²) in [6.07, 6.45) is -0.204. The third kappa shape index (κ3) is 5.60. The molecule has 0 spiro atoms. The van der Waals surface area contributed by atoms with E-state index < -0.39 is 33.8 Å². The van der Waals surface area contributed by atoms with E-state index in [4.69, 9.17) is 16.3 Å². The molecule has 0 saturated carbocycles. The van der Waals surface area contributed by atoms with Crippen LogP contribution in [0.4, 0.5) is 11.4 Å². The van der Waals surface area contributed by atoms with Crippen LogP contribution < -0.4 is 10.6 Å². The van der Waals surface area contributed by atoms with Gasteiger partial charge in [0.15, 0.2) is 6.61 Å². The number of amides is 2. The van der Waals surface area contributed by atoms with Crippen LogP contribution in [0.5, 0.6) is 0 Å². The first-order chi connectivity index (χ1) is 15.1. The molecule has 2 amide bonds. The van der Waals surface area contributed by atoms with Crippen LogP contribution in [-0.4, -0.2) is 56.5 Å². The van der Waals surface area contributed by atoms with Gasteiger partial charge in [0.05, 0.1) is 22.4 Å². The van der Waals surface area contributed by atoms with E-state index in [1.165, 1.54) is 44.1 Å². The maximum absolute atomic E-state index is 12.3. The average molecular weight is 498 g/mol. The van der Waals surface area contributed by atoms with Crippen LogP contribution in [0.2, 0.25) is 5.02 Å². The number of hydrogen-bond donors (Lipinski definition) is 2. The Kier molecular flexibility index (Phi) is 7.44. The number of rotatable bonds is 7. The lowest BCUT2D eigenvalue weighted by Crippen LogP contribution is -2.32. The molecular formula is C20H20ClN3O6S2. The SMILES string of the molecule is CN(C)S(=O)(=O)c1cc(NC(=O)COC(=O)C[C@@H]2Sc3ccccc3NC2=O)ccc1Cl. The van der Waals surface area contributed by atoms with Gasteiger partial charge >= 0.3 is 5.97 Å². The molecule has 0 radical (unpaired) electrons. The number of para-hydroxylation sites is 1. The van der Waals surface area contributed by atoms with Gasteiger partial charge in [-0.25, -0.2) is 12.7 Å². The number of halogens is 1. The molecule has 1 aliphatic rings. The van der Waals surface area contributed by atoms with Crippen LogP contribution in [0.25, 0.3) is 0 Å². The van der Waals surface area contributed by atoms with Gasteiger partial charge in [-0.1, -0.05) is 23.7 Å². The fraction of sp³-hybridized carbons (Fsp3) is 0.250. The number of nitrogens with zero attached hydrogens (tertiary/aromatic N) is 1. The van der Waals surface area contributed by atoms with E-state index in [1.807, 2.05) is 12.1 Å². The Hall–Kier alpha value is -2.60. The Morgan fingerprint density at radius 3 is 2.66 bits per heavy atom. The van der Waals surface area contributed by atoms with Crippen LogP contribution >= 0.6 is 23.4 Å². The molecule has 170 valence electrons. The lowest BCUT2D eigenvalue weighted by Gasteiger charge is -2.23. The van der Waals surface area contributed by atoms with E-state index in [0.29, 0.717) is 5.69 Å². The van der Waals surface area contributed by atoms with Crippen LogP contribution in [0, 0.1) is 0 Å². The largest absolute Gasteiger partial charge is 0.456 e. The number of carbonyl (C=O) groups excluding carboxylic acids is 3. The minimum absolute atomic E-state index is 0.00737. The Bertz CT molecular complexity index is 1170. The lowest BCUT2D eigenvalue weighted by atomic mass is 10.2. The van der Waals surface area contributed by atoms with Gasteiger partial charge < -0.3 is 15.4 Å². The van der Waals surface area contributed by atoms with Crippen molar-refractivity contribution >= 4 is 62.5 Å². The molecule has 0 aliphatic carbocycles. The fourth-order valence-corrected chi connectivity index (χ4v) is 5.24. The predicted octanol–water partition coefficient (Wildman–Crippen LogP) is 2.58.